The van der Waals surface area contributed by atoms with E-state index in [4.69, 9.17) is 22.9 Å². The van der Waals surface area contributed by atoms with Gasteiger partial charge in [-0.05, 0) is 25.2 Å². The number of nitrogens with zero attached hydrogens (tertiary/aromatic N) is 2. The minimum Gasteiger partial charge on any atom is -0.480 e. The monoisotopic (exact) mass is 538 g/mol. The SMILES string of the molecule is CC(C)CC(NC(=O)C(Cc1cnc[nH]1)NC(=O)C(CCCN=C(N)N)NC(=O)C(N)CC(N)=O)C(=O)O. The summed E-state index contributed by atoms with van der Waals surface area (Å²) in [5.41, 5.74) is 21.9. The van der Waals surface area contributed by atoms with Crippen LogP contribution in [0.1, 0.15) is 45.2 Å². The molecule has 212 valence electrons. The van der Waals surface area contributed by atoms with Gasteiger partial charge in [-0.3, -0.25) is 24.2 Å². The second-order valence-corrected chi connectivity index (χ2v) is 9.16. The first-order chi connectivity index (χ1) is 17.8. The van der Waals surface area contributed by atoms with E-state index < -0.39 is 60.2 Å². The molecule has 0 aromatic carbocycles. The maximum atomic E-state index is 13.2. The molecule has 0 radical (unpaired) electrons. The van der Waals surface area contributed by atoms with Gasteiger partial charge in [0.2, 0.25) is 23.6 Å². The van der Waals surface area contributed by atoms with Gasteiger partial charge in [0.15, 0.2) is 5.96 Å². The molecule has 1 aromatic heterocycles. The highest BCUT2D eigenvalue weighted by atomic mass is 16.4. The van der Waals surface area contributed by atoms with Crippen LogP contribution in [-0.2, 0) is 30.4 Å². The molecule has 1 heterocycles. The van der Waals surface area contributed by atoms with Gasteiger partial charge in [0.05, 0.1) is 18.8 Å². The van der Waals surface area contributed by atoms with Gasteiger partial charge in [0, 0.05) is 24.9 Å². The van der Waals surface area contributed by atoms with Gasteiger partial charge in [0.1, 0.15) is 18.1 Å². The van der Waals surface area contributed by atoms with Crippen LogP contribution >= 0.6 is 0 Å². The number of aromatic amines is 1. The Morgan fingerprint density at radius 1 is 1.00 bits per heavy atom. The zero-order valence-electron chi connectivity index (χ0n) is 21.5. The lowest BCUT2D eigenvalue weighted by Gasteiger charge is -2.25. The van der Waals surface area contributed by atoms with Gasteiger partial charge in [0.25, 0.3) is 0 Å². The fourth-order valence-electron chi connectivity index (χ4n) is 3.42. The average molecular weight is 539 g/mol. The van der Waals surface area contributed by atoms with Crippen molar-refractivity contribution < 1.29 is 29.1 Å². The summed E-state index contributed by atoms with van der Waals surface area (Å²) in [4.78, 5) is 72.1. The Labute approximate surface area is 219 Å². The smallest absolute Gasteiger partial charge is 0.326 e. The van der Waals surface area contributed by atoms with Crippen LogP contribution in [0.15, 0.2) is 17.5 Å². The number of nitrogens with one attached hydrogen (secondary N) is 4. The number of guanidine groups is 1. The van der Waals surface area contributed by atoms with Crippen LogP contribution in [0.25, 0.3) is 0 Å². The highest BCUT2D eigenvalue weighted by molar-refractivity contribution is 5.95. The Hall–Kier alpha value is -4.21. The third kappa shape index (κ3) is 12.2. The molecule has 0 spiro atoms. The quantitative estimate of drug-likeness (QED) is 0.0543. The molecule has 0 aliphatic rings. The normalized spacial score (nSPS) is 14.0. The molecule has 1 rings (SSSR count). The van der Waals surface area contributed by atoms with Crippen molar-refractivity contribution in [2.45, 2.75) is 70.1 Å². The summed E-state index contributed by atoms with van der Waals surface area (Å²) < 4.78 is 0. The topological polar surface area (TPSA) is 287 Å². The first-order valence-corrected chi connectivity index (χ1v) is 12.0. The number of aliphatic imine (C=N–C) groups is 1. The van der Waals surface area contributed by atoms with Crippen LogP contribution in [0, 0.1) is 5.92 Å². The predicted octanol–water partition coefficient (Wildman–Crippen LogP) is -3.21. The number of aliphatic carboxylic acids is 1. The van der Waals surface area contributed by atoms with E-state index in [-0.39, 0.29) is 44.1 Å². The number of hydrogen-bond donors (Lipinski definition) is 9. The Balaban J connectivity index is 3.11. The molecule has 4 atom stereocenters. The van der Waals surface area contributed by atoms with Crippen molar-refractivity contribution in [1.82, 2.24) is 25.9 Å². The molecular weight excluding hydrogens is 500 g/mol. The highest BCUT2D eigenvalue weighted by Gasteiger charge is 2.31. The number of hydrogen-bond acceptors (Lipinski definition) is 8. The van der Waals surface area contributed by atoms with E-state index in [1.807, 2.05) is 13.8 Å². The second kappa shape index (κ2) is 15.8. The van der Waals surface area contributed by atoms with E-state index in [0.29, 0.717) is 5.69 Å². The molecular formula is C22H38N10O6. The molecule has 4 amide bonds. The van der Waals surface area contributed by atoms with Gasteiger partial charge in [-0.2, -0.15) is 0 Å². The lowest BCUT2D eigenvalue weighted by Crippen LogP contribution is -2.58. The fourth-order valence-corrected chi connectivity index (χ4v) is 3.42. The Morgan fingerprint density at radius 2 is 1.61 bits per heavy atom. The Bertz CT molecular complexity index is 977. The first kappa shape index (κ1) is 31.8. The van der Waals surface area contributed by atoms with Crippen molar-refractivity contribution in [3.8, 4) is 0 Å². The summed E-state index contributed by atoms with van der Waals surface area (Å²) in [7, 11) is 0. The third-order valence-corrected chi connectivity index (χ3v) is 5.27. The predicted molar refractivity (Wildman–Crippen MR) is 137 cm³/mol. The van der Waals surface area contributed by atoms with E-state index in [1.54, 1.807) is 0 Å². The fraction of sp³-hybridized carbons (Fsp3) is 0.591. The molecule has 38 heavy (non-hydrogen) atoms. The van der Waals surface area contributed by atoms with Gasteiger partial charge in [-0.15, -0.1) is 0 Å². The highest BCUT2D eigenvalue weighted by Crippen LogP contribution is 2.08. The van der Waals surface area contributed by atoms with E-state index in [0.717, 1.165) is 0 Å². The van der Waals surface area contributed by atoms with Crippen molar-refractivity contribution >= 4 is 35.6 Å². The number of rotatable bonds is 17. The van der Waals surface area contributed by atoms with Crippen molar-refractivity contribution in [3.63, 3.8) is 0 Å². The summed E-state index contributed by atoms with van der Waals surface area (Å²) in [5.74, 6) is -4.47. The molecule has 1 aromatic rings. The number of aromatic nitrogens is 2. The van der Waals surface area contributed by atoms with Crippen molar-refractivity contribution in [2.75, 3.05) is 6.54 Å². The van der Waals surface area contributed by atoms with E-state index in [9.17, 15) is 29.1 Å². The zero-order chi connectivity index (χ0) is 28.8. The van der Waals surface area contributed by atoms with E-state index in [2.05, 4.69) is 30.9 Å². The first-order valence-electron chi connectivity index (χ1n) is 12.0. The summed E-state index contributed by atoms with van der Waals surface area (Å²) >= 11 is 0. The number of imidazole rings is 1. The van der Waals surface area contributed by atoms with Crippen LogP contribution in [0.3, 0.4) is 0 Å². The Kier molecular flexibility index (Phi) is 13.2. The van der Waals surface area contributed by atoms with Crippen molar-refractivity contribution in [3.05, 3.63) is 18.2 Å². The molecule has 0 aliphatic carbocycles. The maximum Gasteiger partial charge on any atom is 0.326 e. The minimum absolute atomic E-state index is 0.0218. The van der Waals surface area contributed by atoms with Crippen LogP contribution in [-0.4, -0.2) is 81.3 Å². The molecule has 0 fully saturated rings. The molecule has 16 nitrogen and oxygen atoms in total. The number of carboxylic acids is 1. The number of carbonyl (C=O) groups excluding carboxylic acids is 4. The average Bonchev–Trinajstić information content (AvgIpc) is 3.32. The molecule has 0 saturated carbocycles. The second-order valence-electron chi connectivity index (χ2n) is 9.16. The van der Waals surface area contributed by atoms with Gasteiger partial charge < -0.3 is 49.0 Å². The third-order valence-electron chi connectivity index (χ3n) is 5.27. The van der Waals surface area contributed by atoms with E-state index in [1.165, 1.54) is 12.5 Å². The lowest BCUT2D eigenvalue weighted by atomic mass is 10.0. The number of nitrogens with two attached hydrogens (primary N) is 4. The standard InChI is InChI=1S/C22H38N10O6/c1-11(2)6-16(21(37)38)32-20(36)15(7-12-9-27-10-29-12)31-19(35)14(4-3-5-28-22(25)26)30-18(34)13(23)8-17(24)33/h9-11,13-16H,3-8,23H2,1-2H3,(H2,24,33)(H,27,29)(H,30,34)(H,31,35)(H,32,36)(H,37,38)(H4,25,26,28). The molecule has 0 saturated heterocycles. The number of H-pyrrole nitrogens is 1. The van der Waals surface area contributed by atoms with E-state index >= 15 is 0 Å². The summed E-state index contributed by atoms with van der Waals surface area (Å²) in [6.45, 7) is 3.78. The van der Waals surface area contributed by atoms with Crippen molar-refractivity contribution in [2.24, 2.45) is 33.8 Å². The minimum atomic E-state index is -1.29. The molecule has 0 bridgehead atoms. The molecule has 4 unspecified atom stereocenters. The van der Waals surface area contributed by atoms with Gasteiger partial charge in [-0.1, -0.05) is 13.8 Å². The van der Waals surface area contributed by atoms with Gasteiger partial charge in [-0.25, -0.2) is 9.78 Å². The van der Waals surface area contributed by atoms with Crippen molar-refractivity contribution in [1.29, 1.82) is 0 Å². The molecule has 13 N–H and O–H groups in total. The summed E-state index contributed by atoms with van der Waals surface area (Å²) in [6.07, 6.45) is 2.86. The van der Waals surface area contributed by atoms with Crippen LogP contribution in [0.4, 0.5) is 0 Å². The van der Waals surface area contributed by atoms with Crippen LogP contribution in [0.5, 0.6) is 0 Å². The maximum absolute atomic E-state index is 13.2. The summed E-state index contributed by atoms with van der Waals surface area (Å²) in [5, 5.41) is 17.0. The largest absolute Gasteiger partial charge is 0.480 e. The molecule has 16 heteroatoms. The number of carbonyl (C=O) groups is 5. The zero-order valence-corrected chi connectivity index (χ0v) is 21.5. The van der Waals surface area contributed by atoms with Gasteiger partial charge >= 0.3 is 5.97 Å². The Morgan fingerprint density at radius 3 is 2.13 bits per heavy atom. The number of primary amides is 1. The lowest BCUT2D eigenvalue weighted by molar-refractivity contribution is -0.142. The number of amides is 4. The number of carboxylic acid groups (broad SMARTS) is 1. The summed E-state index contributed by atoms with van der Waals surface area (Å²) in [6, 6.07) is -4.87. The van der Waals surface area contributed by atoms with Crippen LogP contribution in [0.2, 0.25) is 0 Å². The molecule has 0 aliphatic heterocycles. The van der Waals surface area contributed by atoms with Crippen LogP contribution < -0.4 is 38.9 Å².